The molecule has 0 saturated heterocycles. The Morgan fingerprint density at radius 3 is 2.88 bits per heavy atom. The molecular formula is C4H7ClO2Se. The Morgan fingerprint density at radius 1 is 1.88 bits per heavy atom. The second-order valence-electron chi connectivity index (χ2n) is 1.06. The van der Waals surface area contributed by atoms with Crippen LogP contribution in [0.15, 0.2) is 0 Å². The number of carbonyl (C=O) groups excluding carboxylic acids is 1. The van der Waals surface area contributed by atoms with Crippen LogP contribution in [0.25, 0.3) is 0 Å². The molecule has 0 amide bonds. The van der Waals surface area contributed by atoms with E-state index in [2.05, 4.69) is 4.74 Å². The van der Waals surface area contributed by atoms with Gasteiger partial charge in [0, 0.05) is 0 Å². The van der Waals surface area contributed by atoms with Crippen LogP contribution >= 0.6 is 10.1 Å². The average molecular weight is 202 g/mol. The summed E-state index contributed by atoms with van der Waals surface area (Å²) in [6, 6.07) is 0. The van der Waals surface area contributed by atoms with Gasteiger partial charge in [0.25, 0.3) is 0 Å². The molecule has 0 saturated carbocycles. The molecule has 0 rings (SSSR count). The third kappa shape index (κ3) is 4.44. The van der Waals surface area contributed by atoms with E-state index in [1.54, 1.807) is 6.92 Å². The first-order valence-electron chi connectivity index (χ1n) is 2.20. The molecule has 0 bridgehead atoms. The number of hydrogen-bond donors (Lipinski definition) is 0. The molecule has 0 aliphatic rings. The van der Waals surface area contributed by atoms with Gasteiger partial charge in [0.05, 0.1) is 0 Å². The first-order valence-corrected chi connectivity index (χ1v) is 5.66. The Kier molecular flexibility index (Phi) is 5.61. The molecule has 0 N–H and O–H groups in total. The molecule has 0 heterocycles. The minimum absolute atomic E-state index is 0.105. The van der Waals surface area contributed by atoms with Crippen LogP contribution in [0.5, 0.6) is 0 Å². The van der Waals surface area contributed by atoms with E-state index in [1.807, 2.05) is 0 Å². The van der Waals surface area contributed by atoms with E-state index in [9.17, 15) is 4.79 Å². The molecule has 0 aromatic heterocycles. The fraction of sp³-hybridized carbons (Fsp3) is 0.750. The SMILES string of the molecule is CCOC(=O)C[Se]Cl. The van der Waals surface area contributed by atoms with Gasteiger partial charge >= 0.3 is 58.5 Å². The summed E-state index contributed by atoms with van der Waals surface area (Å²) in [5, 5.41) is 0.377. The molecule has 0 atom stereocenters. The van der Waals surface area contributed by atoms with E-state index < -0.39 is 0 Å². The van der Waals surface area contributed by atoms with Crippen molar-refractivity contribution < 1.29 is 9.53 Å². The monoisotopic (exact) mass is 202 g/mol. The second-order valence-corrected chi connectivity index (χ2v) is 3.26. The number of esters is 1. The second kappa shape index (κ2) is 5.42. The zero-order chi connectivity index (χ0) is 6.41. The summed E-state index contributed by atoms with van der Waals surface area (Å²) in [4.78, 5) is 10.4. The maximum absolute atomic E-state index is 10.4. The van der Waals surface area contributed by atoms with Crippen molar-refractivity contribution >= 4 is 30.1 Å². The predicted octanol–water partition coefficient (Wildman–Crippen LogP) is 0.826. The van der Waals surface area contributed by atoms with E-state index in [1.165, 1.54) is 0 Å². The molecule has 0 radical (unpaired) electrons. The number of ether oxygens (including phenoxy) is 1. The molecule has 0 aliphatic heterocycles. The summed E-state index contributed by atoms with van der Waals surface area (Å²) in [5.74, 6) is -0.192. The summed E-state index contributed by atoms with van der Waals surface area (Å²) in [7, 11) is 5.29. The Morgan fingerprint density at radius 2 is 2.50 bits per heavy atom. The molecule has 0 aromatic carbocycles. The van der Waals surface area contributed by atoms with Crippen LogP contribution in [0.1, 0.15) is 6.92 Å². The quantitative estimate of drug-likeness (QED) is 0.499. The summed E-state index contributed by atoms with van der Waals surface area (Å²) in [6.45, 7) is 2.23. The van der Waals surface area contributed by atoms with Crippen molar-refractivity contribution in [1.82, 2.24) is 0 Å². The van der Waals surface area contributed by atoms with Crippen molar-refractivity contribution in [1.29, 1.82) is 0 Å². The van der Waals surface area contributed by atoms with Crippen molar-refractivity contribution in [2.24, 2.45) is 0 Å². The average Bonchev–Trinajstić information content (AvgIpc) is 1.68. The summed E-state index contributed by atoms with van der Waals surface area (Å²) in [5.41, 5.74) is 0. The zero-order valence-electron chi connectivity index (χ0n) is 4.52. The van der Waals surface area contributed by atoms with E-state index in [4.69, 9.17) is 10.1 Å². The fourth-order valence-corrected chi connectivity index (χ4v) is 1.07. The van der Waals surface area contributed by atoms with Crippen molar-refractivity contribution in [3.05, 3.63) is 0 Å². The van der Waals surface area contributed by atoms with Crippen LogP contribution in [-0.2, 0) is 9.53 Å². The van der Waals surface area contributed by atoms with Gasteiger partial charge in [0.15, 0.2) is 0 Å². The minimum atomic E-state index is -0.192. The fourth-order valence-electron chi connectivity index (χ4n) is 0.247. The Hall–Kier alpha value is 0.279. The Bertz CT molecular complexity index is 68.4. The summed E-state index contributed by atoms with van der Waals surface area (Å²) in [6.07, 6.45) is 0. The number of halogens is 1. The van der Waals surface area contributed by atoms with Crippen LogP contribution in [0.3, 0.4) is 0 Å². The first kappa shape index (κ1) is 8.28. The van der Waals surface area contributed by atoms with Gasteiger partial charge in [0.2, 0.25) is 0 Å². The van der Waals surface area contributed by atoms with Gasteiger partial charge in [-0.1, -0.05) is 0 Å². The van der Waals surface area contributed by atoms with E-state index in [0.717, 1.165) is 0 Å². The predicted molar refractivity (Wildman–Crippen MR) is 33.0 cm³/mol. The van der Waals surface area contributed by atoms with Crippen LogP contribution in [0, 0.1) is 0 Å². The molecule has 0 aliphatic carbocycles. The molecule has 8 heavy (non-hydrogen) atoms. The Labute approximate surface area is 58.9 Å². The van der Waals surface area contributed by atoms with Gasteiger partial charge in [-0.05, 0) is 0 Å². The van der Waals surface area contributed by atoms with Crippen molar-refractivity contribution in [3.8, 4) is 0 Å². The molecule has 0 unspecified atom stereocenters. The standard InChI is InChI=1S/C4H7ClO2Se/c1-2-7-4(6)3-8-5/h2-3H2,1H3. The van der Waals surface area contributed by atoms with Crippen molar-refractivity contribution in [2.75, 3.05) is 6.61 Å². The third-order valence-electron chi connectivity index (χ3n) is 0.478. The molecule has 0 aromatic rings. The number of hydrogen-bond acceptors (Lipinski definition) is 2. The molecule has 2 nitrogen and oxygen atoms in total. The van der Waals surface area contributed by atoms with Gasteiger partial charge < -0.3 is 0 Å². The number of carbonyl (C=O) groups is 1. The normalized spacial score (nSPS) is 8.75. The van der Waals surface area contributed by atoms with Crippen LogP contribution in [0.2, 0.25) is 5.32 Å². The van der Waals surface area contributed by atoms with E-state index >= 15 is 0 Å². The van der Waals surface area contributed by atoms with Crippen LogP contribution in [0.4, 0.5) is 0 Å². The molecule has 48 valence electrons. The van der Waals surface area contributed by atoms with Crippen LogP contribution < -0.4 is 0 Å². The van der Waals surface area contributed by atoms with E-state index in [0.29, 0.717) is 11.9 Å². The molecular weight excluding hydrogens is 194 g/mol. The van der Waals surface area contributed by atoms with E-state index in [-0.39, 0.29) is 20.0 Å². The van der Waals surface area contributed by atoms with Gasteiger partial charge in [-0.3, -0.25) is 0 Å². The first-order chi connectivity index (χ1) is 3.81. The van der Waals surface area contributed by atoms with Crippen molar-refractivity contribution in [3.63, 3.8) is 0 Å². The van der Waals surface area contributed by atoms with Gasteiger partial charge in [-0.25, -0.2) is 0 Å². The molecule has 4 heteroatoms. The van der Waals surface area contributed by atoms with Crippen molar-refractivity contribution in [2.45, 2.75) is 12.2 Å². The maximum atomic E-state index is 10.4. The Balaban J connectivity index is 3.06. The summed E-state index contributed by atoms with van der Waals surface area (Å²) < 4.78 is 4.57. The topological polar surface area (TPSA) is 26.3 Å². The van der Waals surface area contributed by atoms with Gasteiger partial charge in [-0.15, -0.1) is 0 Å². The van der Waals surface area contributed by atoms with Gasteiger partial charge in [-0.2, -0.15) is 0 Å². The molecule has 0 fully saturated rings. The molecule has 0 spiro atoms. The van der Waals surface area contributed by atoms with Gasteiger partial charge in [0.1, 0.15) is 0 Å². The third-order valence-corrected chi connectivity index (χ3v) is 1.77. The number of rotatable bonds is 3. The van der Waals surface area contributed by atoms with Crippen LogP contribution in [-0.4, -0.2) is 26.6 Å². The summed E-state index contributed by atoms with van der Waals surface area (Å²) >= 11 is -0.105. The zero-order valence-corrected chi connectivity index (χ0v) is 6.99.